The van der Waals surface area contributed by atoms with Crippen LogP contribution in [-0.4, -0.2) is 51.1 Å². The predicted octanol–water partition coefficient (Wildman–Crippen LogP) is 4.22. The van der Waals surface area contributed by atoms with Crippen LogP contribution in [0, 0.1) is 17.8 Å². The van der Waals surface area contributed by atoms with Gasteiger partial charge in [-0.1, -0.05) is 0 Å². The summed E-state index contributed by atoms with van der Waals surface area (Å²) in [5.74, 6) is -0.698. The molecule has 0 radical (unpaired) electrons. The molecule has 1 aromatic carbocycles. The van der Waals surface area contributed by atoms with Crippen LogP contribution in [0.2, 0.25) is 5.02 Å². The maximum atomic E-state index is 13.0. The van der Waals surface area contributed by atoms with Crippen LogP contribution in [0.1, 0.15) is 50.4 Å². The predicted molar refractivity (Wildman–Crippen MR) is 119 cm³/mol. The average Bonchev–Trinajstić information content (AvgIpc) is 2.72. The van der Waals surface area contributed by atoms with Crippen molar-refractivity contribution >= 4 is 44.5 Å². The Bertz CT molecular complexity index is 809. The van der Waals surface area contributed by atoms with Gasteiger partial charge in [0.25, 0.3) is 0 Å². The molecule has 1 unspecified atom stereocenters. The van der Waals surface area contributed by atoms with E-state index in [9.17, 15) is 14.4 Å². The summed E-state index contributed by atoms with van der Waals surface area (Å²) >= 11 is 5.29. The summed E-state index contributed by atoms with van der Waals surface area (Å²) in [4.78, 5) is 38.5. The van der Waals surface area contributed by atoms with Crippen LogP contribution in [-0.2, 0) is 23.8 Å². The van der Waals surface area contributed by atoms with Crippen molar-refractivity contribution < 1.29 is 28.6 Å². The number of halogens is 1. The first kappa shape index (κ1) is 25.4. The topological polar surface area (TPSA) is 78.9 Å². The Morgan fingerprint density at radius 2 is 1.97 bits per heavy atom. The molecule has 1 aliphatic rings. The monoisotopic (exact) mass is 516 g/mol. The first-order chi connectivity index (χ1) is 14.7. The molecule has 6 nitrogen and oxygen atoms in total. The molecule has 1 aliphatic carbocycles. The van der Waals surface area contributed by atoms with Crippen molar-refractivity contribution in [3.05, 3.63) is 45.9 Å². The molecule has 0 heterocycles. The van der Waals surface area contributed by atoms with Crippen LogP contribution >= 0.6 is 11.6 Å². The second-order valence-corrected chi connectivity index (χ2v) is 10.5. The zero-order valence-corrected chi connectivity index (χ0v) is 20.7. The summed E-state index contributed by atoms with van der Waals surface area (Å²) in [5, 5.41) is -0.731. The molecule has 0 amide bonds. The van der Waals surface area contributed by atoms with Crippen LogP contribution < -0.4 is 0 Å². The second kappa shape index (κ2) is 12.3. The van der Waals surface area contributed by atoms with E-state index in [-0.39, 0.29) is 17.6 Å². The number of methoxy groups -OCH3 is 1. The molecule has 0 bridgehead atoms. The maximum absolute atomic E-state index is 13.0. The zero-order valence-electron chi connectivity index (χ0n) is 18.2. The number of hydrogen-bond acceptors (Lipinski definition) is 6. The number of rotatable bonds is 8. The van der Waals surface area contributed by atoms with Gasteiger partial charge in [0, 0.05) is 0 Å². The van der Waals surface area contributed by atoms with Crippen molar-refractivity contribution in [2.75, 3.05) is 7.11 Å². The molecule has 0 aliphatic heterocycles. The first-order valence-electron chi connectivity index (χ1n) is 10.3. The molecule has 1 fully saturated rings. The molecular weight excluding hydrogens is 487 g/mol. The Morgan fingerprint density at radius 3 is 2.61 bits per heavy atom. The molecule has 2 rings (SSSR count). The van der Waals surface area contributed by atoms with E-state index in [1.54, 1.807) is 18.2 Å². The van der Waals surface area contributed by atoms with E-state index in [0.29, 0.717) is 16.9 Å². The van der Waals surface area contributed by atoms with E-state index in [0.717, 1.165) is 19.3 Å². The third-order valence-electron chi connectivity index (χ3n) is 5.30. The third-order valence-corrected chi connectivity index (χ3v) is 7.28. The Morgan fingerprint density at radius 1 is 1.23 bits per heavy atom. The van der Waals surface area contributed by atoms with Gasteiger partial charge in [0.15, 0.2) is 0 Å². The van der Waals surface area contributed by atoms with Gasteiger partial charge in [0.2, 0.25) is 0 Å². The molecule has 31 heavy (non-hydrogen) atoms. The summed E-state index contributed by atoms with van der Waals surface area (Å²) < 4.78 is 15.9. The van der Waals surface area contributed by atoms with Crippen molar-refractivity contribution in [1.82, 2.24) is 0 Å². The fourth-order valence-corrected chi connectivity index (χ4v) is 5.14. The van der Waals surface area contributed by atoms with E-state index < -0.39 is 37.9 Å². The summed E-state index contributed by atoms with van der Waals surface area (Å²) in [6.07, 6.45) is 3.89. The molecule has 0 aromatic heterocycles. The molecule has 0 N–H and O–H groups in total. The molecule has 170 valence electrons. The zero-order chi connectivity index (χ0) is 23.0. The van der Waals surface area contributed by atoms with Crippen molar-refractivity contribution in [3.8, 4) is 0 Å². The molecular formula is C23H29ClO6Se. The average molecular weight is 516 g/mol. The van der Waals surface area contributed by atoms with E-state index in [4.69, 9.17) is 21.1 Å². The van der Waals surface area contributed by atoms with Gasteiger partial charge in [0.05, 0.1) is 0 Å². The summed E-state index contributed by atoms with van der Waals surface area (Å²) in [7, 11) is 1.26. The van der Waals surface area contributed by atoms with Crippen LogP contribution in [0.4, 0.5) is 0 Å². The number of esters is 3. The number of hydrogen-bond donors (Lipinski definition) is 0. The Labute approximate surface area is 194 Å². The minimum atomic E-state index is -1.12. The van der Waals surface area contributed by atoms with Crippen molar-refractivity contribution in [2.45, 2.75) is 51.1 Å². The fourth-order valence-electron chi connectivity index (χ4n) is 3.60. The number of carbonyl (C=O) groups is 3. The minimum absolute atomic E-state index is 0.219. The van der Waals surface area contributed by atoms with Gasteiger partial charge in [-0.15, -0.1) is 0 Å². The van der Waals surface area contributed by atoms with Gasteiger partial charge in [-0.2, -0.15) is 0 Å². The molecule has 4 atom stereocenters. The molecule has 0 spiro atoms. The van der Waals surface area contributed by atoms with Crippen molar-refractivity contribution in [2.24, 2.45) is 17.8 Å². The summed E-state index contributed by atoms with van der Waals surface area (Å²) in [6, 6.07) is 6.31. The number of ether oxygens (including phenoxy) is 3. The SMILES string of the molecule is COC(=O)/C=C\[Se]C(OC(=O)c1cccc(Cl)c1)C(=O)O[C@@H]1C[C@H](C)CC[C@H]1C(C)C. The van der Waals surface area contributed by atoms with Crippen molar-refractivity contribution in [3.63, 3.8) is 0 Å². The van der Waals surface area contributed by atoms with E-state index >= 15 is 0 Å². The molecule has 8 heteroatoms. The number of carbonyl (C=O) groups excluding carboxylic acids is 3. The van der Waals surface area contributed by atoms with Gasteiger partial charge in [-0.25, -0.2) is 0 Å². The number of benzene rings is 1. The molecule has 1 saturated carbocycles. The van der Waals surface area contributed by atoms with Gasteiger partial charge >= 0.3 is 195 Å². The molecule has 1 aromatic rings. The third kappa shape index (κ3) is 7.99. The summed E-state index contributed by atoms with van der Waals surface area (Å²) in [6.45, 7) is 6.40. The normalized spacial score (nSPS) is 22.2. The molecule has 0 saturated heterocycles. The Kier molecular flexibility index (Phi) is 10.1. The standard InChI is InChI=1S/C23H29ClO6Se/c1-14(2)18-9-8-15(3)12-19(18)29-22(27)23(31-11-10-20(25)28-4)30-21(26)16-6-5-7-17(24)13-16/h5-7,10-11,13-15,18-19,23H,8-9,12H2,1-4H3/b11-10-/t15-,18+,19-,23?/m1/s1. The Balaban J connectivity index is 2.15. The van der Waals surface area contributed by atoms with Crippen LogP contribution in [0.15, 0.2) is 35.3 Å². The first-order valence-corrected chi connectivity index (χ1v) is 12.6. The van der Waals surface area contributed by atoms with Crippen molar-refractivity contribution in [1.29, 1.82) is 0 Å². The van der Waals surface area contributed by atoms with E-state index in [1.807, 2.05) is 0 Å². The fraction of sp³-hybridized carbons (Fsp3) is 0.522. The second-order valence-electron chi connectivity index (χ2n) is 8.01. The Hall–Kier alpha value is -1.82. The quantitative estimate of drug-likeness (QED) is 0.223. The van der Waals surface area contributed by atoms with E-state index in [1.165, 1.54) is 24.2 Å². The van der Waals surface area contributed by atoms with Gasteiger partial charge in [0.1, 0.15) is 0 Å². The van der Waals surface area contributed by atoms with Crippen LogP contribution in [0.3, 0.4) is 0 Å². The van der Waals surface area contributed by atoms with E-state index in [2.05, 4.69) is 25.5 Å². The van der Waals surface area contributed by atoms with Gasteiger partial charge in [-0.05, 0) is 0 Å². The van der Waals surface area contributed by atoms with Gasteiger partial charge < -0.3 is 0 Å². The van der Waals surface area contributed by atoms with Gasteiger partial charge in [-0.3, -0.25) is 0 Å². The van der Waals surface area contributed by atoms with Crippen LogP contribution in [0.5, 0.6) is 0 Å². The summed E-state index contributed by atoms with van der Waals surface area (Å²) in [5.41, 5.74) is 0.240. The van der Waals surface area contributed by atoms with Crippen LogP contribution in [0.25, 0.3) is 0 Å².